The lowest BCUT2D eigenvalue weighted by molar-refractivity contribution is -0.164. The number of amides is 1. The predicted molar refractivity (Wildman–Crippen MR) is 75.3 cm³/mol. The molecule has 1 aromatic heterocycles. The zero-order valence-electron chi connectivity index (χ0n) is 11.9. The Bertz CT molecular complexity index is 440. The molecule has 0 aliphatic heterocycles. The molecule has 0 aromatic carbocycles. The van der Waals surface area contributed by atoms with Crippen LogP contribution in [0.5, 0.6) is 0 Å². The van der Waals surface area contributed by atoms with Crippen LogP contribution in [-0.4, -0.2) is 40.2 Å². The summed E-state index contributed by atoms with van der Waals surface area (Å²) in [5.74, 6) is -0.974. The van der Waals surface area contributed by atoms with Gasteiger partial charge in [0.05, 0.1) is 17.7 Å². The van der Waals surface area contributed by atoms with Gasteiger partial charge < -0.3 is 15.2 Å². The smallest absolute Gasteiger partial charge is 0.337 e. The van der Waals surface area contributed by atoms with E-state index in [2.05, 4.69) is 10.3 Å². The fourth-order valence-electron chi connectivity index (χ4n) is 1.35. The lowest BCUT2D eigenvalue weighted by Gasteiger charge is -2.21. The number of aryl methyl sites for hydroxylation is 1. The highest BCUT2D eigenvalue weighted by Crippen LogP contribution is 2.08. The minimum absolute atomic E-state index is 0.148. The topological polar surface area (TPSA) is 88.5 Å². The van der Waals surface area contributed by atoms with Gasteiger partial charge in [0.2, 0.25) is 5.91 Å². The Morgan fingerprint density at radius 1 is 1.50 bits per heavy atom. The van der Waals surface area contributed by atoms with Crippen LogP contribution in [-0.2, 0) is 20.7 Å². The number of esters is 1. The molecule has 0 fully saturated rings. The molecule has 1 amide bonds. The number of aliphatic hydroxyl groups is 1. The van der Waals surface area contributed by atoms with Crippen LogP contribution in [0, 0.1) is 0 Å². The Hall–Kier alpha value is -1.47. The van der Waals surface area contributed by atoms with Gasteiger partial charge in [0.25, 0.3) is 0 Å². The van der Waals surface area contributed by atoms with Crippen LogP contribution in [0.1, 0.15) is 32.9 Å². The van der Waals surface area contributed by atoms with Crippen molar-refractivity contribution >= 4 is 23.2 Å². The molecule has 1 aromatic rings. The van der Waals surface area contributed by atoms with Crippen molar-refractivity contribution in [2.45, 2.75) is 45.3 Å². The van der Waals surface area contributed by atoms with Gasteiger partial charge in [-0.1, -0.05) is 0 Å². The summed E-state index contributed by atoms with van der Waals surface area (Å²) in [6.07, 6.45) is -0.541. The van der Waals surface area contributed by atoms with E-state index >= 15 is 0 Å². The van der Waals surface area contributed by atoms with Crippen LogP contribution < -0.4 is 5.32 Å². The van der Waals surface area contributed by atoms with Gasteiger partial charge in [0.1, 0.15) is 5.60 Å². The highest BCUT2D eigenvalue weighted by molar-refractivity contribution is 7.07. The molecule has 0 aliphatic rings. The van der Waals surface area contributed by atoms with Gasteiger partial charge in [-0.2, -0.15) is 0 Å². The molecular formula is C13H20N2O4S. The predicted octanol–water partition coefficient (Wildman–Crippen LogP) is 0.894. The van der Waals surface area contributed by atoms with Crippen LogP contribution in [0.15, 0.2) is 10.9 Å². The molecule has 112 valence electrons. The minimum Gasteiger partial charge on any atom is -0.458 e. The average Bonchev–Trinajstić information content (AvgIpc) is 2.84. The number of carbonyl (C=O) groups is 2. The number of aliphatic hydroxyl groups excluding tert-OH is 1. The van der Waals surface area contributed by atoms with Crippen molar-refractivity contribution in [3.8, 4) is 0 Å². The standard InChI is InChI=1S/C13H20N2O4S/c1-13(2,3)19-12(18)10(16)6-14-11(17)5-4-9-7-20-8-15-9/h7-8,10,16H,4-6H2,1-3H3,(H,14,17). The van der Waals surface area contributed by atoms with Gasteiger partial charge in [-0.3, -0.25) is 4.79 Å². The molecule has 0 aliphatic carbocycles. The van der Waals surface area contributed by atoms with Crippen molar-refractivity contribution in [2.75, 3.05) is 6.54 Å². The van der Waals surface area contributed by atoms with E-state index in [1.165, 1.54) is 11.3 Å². The Kier molecular flexibility index (Phi) is 6.09. The monoisotopic (exact) mass is 300 g/mol. The molecule has 1 heterocycles. The molecule has 0 bridgehead atoms. The molecule has 1 rings (SSSR count). The summed E-state index contributed by atoms with van der Waals surface area (Å²) in [4.78, 5) is 27.1. The Morgan fingerprint density at radius 2 is 2.20 bits per heavy atom. The number of thiazole rings is 1. The fourth-order valence-corrected chi connectivity index (χ4v) is 1.95. The molecule has 6 nitrogen and oxygen atoms in total. The third kappa shape index (κ3) is 6.63. The largest absolute Gasteiger partial charge is 0.458 e. The molecule has 0 spiro atoms. The van der Waals surface area contributed by atoms with Crippen LogP contribution in [0.3, 0.4) is 0 Å². The van der Waals surface area contributed by atoms with E-state index in [9.17, 15) is 14.7 Å². The maximum absolute atomic E-state index is 11.6. The first-order valence-electron chi connectivity index (χ1n) is 6.32. The number of aromatic nitrogens is 1. The van der Waals surface area contributed by atoms with Crippen LogP contribution >= 0.6 is 11.3 Å². The van der Waals surface area contributed by atoms with Crippen molar-refractivity contribution in [3.05, 3.63) is 16.6 Å². The summed E-state index contributed by atoms with van der Waals surface area (Å²) >= 11 is 1.47. The summed E-state index contributed by atoms with van der Waals surface area (Å²) in [5, 5.41) is 14.0. The average molecular weight is 300 g/mol. The molecule has 0 radical (unpaired) electrons. The molecular weight excluding hydrogens is 280 g/mol. The fraction of sp³-hybridized carbons (Fsp3) is 0.615. The summed E-state index contributed by atoms with van der Waals surface area (Å²) in [7, 11) is 0. The number of nitrogens with one attached hydrogen (secondary N) is 1. The highest BCUT2D eigenvalue weighted by atomic mass is 32.1. The number of carbonyl (C=O) groups excluding carboxylic acids is 2. The van der Waals surface area contributed by atoms with E-state index in [4.69, 9.17) is 4.74 Å². The van der Waals surface area contributed by atoms with Crippen molar-refractivity contribution in [3.63, 3.8) is 0 Å². The minimum atomic E-state index is -1.35. The molecule has 0 saturated heterocycles. The second-order valence-electron chi connectivity index (χ2n) is 5.33. The van der Waals surface area contributed by atoms with Gasteiger partial charge in [-0.05, 0) is 27.2 Å². The first-order valence-corrected chi connectivity index (χ1v) is 7.27. The van der Waals surface area contributed by atoms with E-state index in [0.29, 0.717) is 6.42 Å². The van der Waals surface area contributed by atoms with Crippen LogP contribution in [0.2, 0.25) is 0 Å². The molecule has 1 unspecified atom stereocenters. The quantitative estimate of drug-likeness (QED) is 0.762. The Balaban J connectivity index is 2.24. The maximum Gasteiger partial charge on any atom is 0.337 e. The molecule has 2 N–H and O–H groups in total. The van der Waals surface area contributed by atoms with Gasteiger partial charge >= 0.3 is 5.97 Å². The molecule has 0 saturated carbocycles. The van der Waals surface area contributed by atoms with E-state index in [1.54, 1.807) is 26.3 Å². The zero-order chi connectivity index (χ0) is 15.2. The summed E-state index contributed by atoms with van der Waals surface area (Å²) in [6, 6.07) is 0. The van der Waals surface area contributed by atoms with Gasteiger partial charge in [0, 0.05) is 11.8 Å². The first-order chi connectivity index (χ1) is 9.28. The van der Waals surface area contributed by atoms with E-state index in [-0.39, 0.29) is 18.9 Å². The van der Waals surface area contributed by atoms with Crippen LogP contribution in [0.25, 0.3) is 0 Å². The van der Waals surface area contributed by atoms with Crippen molar-refractivity contribution in [1.29, 1.82) is 0 Å². The third-order valence-corrected chi connectivity index (χ3v) is 2.90. The highest BCUT2D eigenvalue weighted by Gasteiger charge is 2.23. The van der Waals surface area contributed by atoms with Crippen molar-refractivity contribution in [1.82, 2.24) is 10.3 Å². The molecule has 20 heavy (non-hydrogen) atoms. The summed E-state index contributed by atoms with van der Waals surface area (Å²) in [6.45, 7) is 4.99. The van der Waals surface area contributed by atoms with Gasteiger partial charge in [0.15, 0.2) is 6.10 Å². The van der Waals surface area contributed by atoms with Crippen molar-refractivity contribution < 1.29 is 19.4 Å². The Labute approximate surface area is 122 Å². The molecule has 7 heteroatoms. The zero-order valence-corrected chi connectivity index (χ0v) is 12.7. The number of ether oxygens (including phenoxy) is 1. The van der Waals surface area contributed by atoms with E-state index < -0.39 is 17.7 Å². The second-order valence-corrected chi connectivity index (χ2v) is 6.05. The Morgan fingerprint density at radius 3 is 2.75 bits per heavy atom. The third-order valence-electron chi connectivity index (χ3n) is 2.26. The van der Waals surface area contributed by atoms with Gasteiger partial charge in [-0.15, -0.1) is 11.3 Å². The normalized spacial score (nSPS) is 12.8. The van der Waals surface area contributed by atoms with E-state index in [1.807, 2.05) is 5.38 Å². The molecule has 1 atom stereocenters. The maximum atomic E-state index is 11.6. The first kappa shape index (κ1) is 16.6. The van der Waals surface area contributed by atoms with Gasteiger partial charge in [-0.25, -0.2) is 9.78 Å². The number of nitrogens with zero attached hydrogens (tertiary/aromatic N) is 1. The van der Waals surface area contributed by atoms with Crippen molar-refractivity contribution in [2.24, 2.45) is 0 Å². The number of hydrogen-bond acceptors (Lipinski definition) is 6. The number of hydrogen-bond donors (Lipinski definition) is 2. The lowest BCUT2D eigenvalue weighted by Crippen LogP contribution is -2.40. The van der Waals surface area contributed by atoms with Crippen LogP contribution in [0.4, 0.5) is 0 Å². The van der Waals surface area contributed by atoms with E-state index in [0.717, 1.165) is 5.69 Å². The SMILES string of the molecule is CC(C)(C)OC(=O)C(O)CNC(=O)CCc1cscn1. The summed E-state index contributed by atoms with van der Waals surface area (Å²) < 4.78 is 5.00. The second kappa shape index (κ2) is 7.35. The number of rotatable bonds is 6. The summed E-state index contributed by atoms with van der Waals surface area (Å²) in [5.41, 5.74) is 1.91. The lowest BCUT2D eigenvalue weighted by atomic mass is 10.2.